The van der Waals surface area contributed by atoms with Gasteiger partial charge < -0.3 is 15.1 Å². The molecule has 12 heteroatoms. The smallest absolute Gasteiger partial charge is 0.354 e. The molecule has 0 unspecified atom stereocenters. The summed E-state index contributed by atoms with van der Waals surface area (Å²) in [6, 6.07) is 10.1. The molecule has 0 radical (unpaired) electrons. The number of anilines is 1. The van der Waals surface area contributed by atoms with Gasteiger partial charge in [0.2, 0.25) is 0 Å². The molecule has 0 atom stereocenters. The topological polar surface area (TPSA) is 48.5 Å². The third-order valence-electron chi connectivity index (χ3n) is 6.49. The Morgan fingerprint density at radius 1 is 0.923 bits per heavy atom. The van der Waals surface area contributed by atoms with Crippen LogP contribution in [0.3, 0.4) is 0 Å². The molecule has 0 saturated carbocycles. The van der Waals surface area contributed by atoms with Gasteiger partial charge in [0.1, 0.15) is 5.82 Å². The van der Waals surface area contributed by atoms with Gasteiger partial charge in [0.15, 0.2) is 0 Å². The van der Waals surface area contributed by atoms with Crippen LogP contribution in [0.5, 0.6) is 0 Å². The van der Waals surface area contributed by atoms with Gasteiger partial charge in [-0.25, -0.2) is 4.98 Å². The maximum Gasteiger partial charge on any atom is 0.416 e. The number of likely N-dealkylation sites (N-methyl/N-ethyl adjacent to an activating group) is 1. The van der Waals surface area contributed by atoms with E-state index in [0.29, 0.717) is 28.5 Å². The van der Waals surface area contributed by atoms with Crippen LogP contribution >= 0.6 is 11.6 Å². The SMILES string of the molecule is CN1CCN(c2cc(Cc3ccccc3Cl)c(C(=O)NCc3cc(C(F)(F)F)cc(C(F)(F)F)c3)cn2)CC1. The molecule has 0 aliphatic carbocycles. The molecule has 1 saturated heterocycles. The van der Waals surface area contributed by atoms with E-state index < -0.39 is 35.9 Å². The Kier molecular flexibility index (Phi) is 8.41. The van der Waals surface area contributed by atoms with E-state index in [2.05, 4.69) is 20.1 Å². The molecular weight excluding hydrogens is 546 g/mol. The number of benzene rings is 2. The Morgan fingerprint density at radius 2 is 1.54 bits per heavy atom. The summed E-state index contributed by atoms with van der Waals surface area (Å²) in [6.45, 7) is 2.59. The Bertz CT molecular complexity index is 1300. The average molecular weight is 571 g/mol. The lowest BCUT2D eigenvalue weighted by Crippen LogP contribution is -2.44. The molecule has 3 aromatic rings. The maximum atomic E-state index is 13.2. The fourth-order valence-corrected chi connectivity index (χ4v) is 4.49. The number of nitrogens with one attached hydrogen (secondary N) is 1. The van der Waals surface area contributed by atoms with E-state index in [1.165, 1.54) is 6.20 Å². The maximum absolute atomic E-state index is 13.2. The molecule has 2 aromatic carbocycles. The fourth-order valence-electron chi connectivity index (χ4n) is 4.29. The van der Waals surface area contributed by atoms with Crippen molar-refractivity contribution >= 4 is 23.3 Å². The Labute approximate surface area is 226 Å². The van der Waals surface area contributed by atoms with Gasteiger partial charge in [-0.15, -0.1) is 0 Å². The second-order valence-corrected chi connectivity index (χ2v) is 9.76. The molecule has 0 bridgehead atoms. The van der Waals surface area contributed by atoms with E-state index >= 15 is 0 Å². The zero-order valence-corrected chi connectivity index (χ0v) is 21.6. The standard InChI is InChI=1S/C27H25ClF6N4O/c1-37-6-8-38(9-7-37)24-13-19(12-18-4-2-3-5-23(18)28)22(16-35-24)25(39)36-15-17-10-20(26(29,30)31)14-21(11-17)27(32,33)34/h2-5,10-11,13-14,16H,6-9,12,15H2,1H3,(H,36,39). The van der Waals surface area contributed by atoms with E-state index in [9.17, 15) is 31.1 Å². The first-order valence-electron chi connectivity index (χ1n) is 12.0. The van der Waals surface area contributed by atoms with Crippen LogP contribution < -0.4 is 10.2 Å². The first-order valence-corrected chi connectivity index (χ1v) is 12.4. The van der Waals surface area contributed by atoms with Crippen molar-refractivity contribution < 1.29 is 31.1 Å². The van der Waals surface area contributed by atoms with Crippen LogP contribution in [-0.2, 0) is 25.3 Å². The highest BCUT2D eigenvalue weighted by Gasteiger charge is 2.37. The van der Waals surface area contributed by atoms with Crippen LogP contribution in [0.25, 0.3) is 0 Å². The van der Waals surface area contributed by atoms with E-state index in [-0.39, 0.29) is 23.6 Å². The zero-order valence-electron chi connectivity index (χ0n) is 20.8. The van der Waals surface area contributed by atoms with Crippen LogP contribution in [0.4, 0.5) is 32.2 Å². The minimum atomic E-state index is -4.98. The highest BCUT2D eigenvalue weighted by Crippen LogP contribution is 2.36. The van der Waals surface area contributed by atoms with Crippen molar-refractivity contribution in [2.45, 2.75) is 25.3 Å². The lowest BCUT2D eigenvalue weighted by molar-refractivity contribution is -0.143. The predicted molar refractivity (Wildman–Crippen MR) is 136 cm³/mol. The van der Waals surface area contributed by atoms with Gasteiger partial charge in [-0.1, -0.05) is 29.8 Å². The number of pyridine rings is 1. The van der Waals surface area contributed by atoms with Gasteiger partial charge in [-0.3, -0.25) is 4.79 Å². The van der Waals surface area contributed by atoms with E-state index in [0.717, 1.165) is 31.7 Å². The summed E-state index contributed by atoms with van der Waals surface area (Å²) in [4.78, 5) is 21.9. The third kappa shape index (κ3) is 7.21. The number of alkyl halides is 6. The number of nitrogens with zero attached hydrogens (tertiary/aromatic N) is 3. The lowest BCUT2D eigenvalue weighted by atomic mass is 10.00. The number of rotatable bonds is 6. The molecule has 1 aliphatic rings. The number of amides is 1. The Morgan fingerprint density at radius 3 is 2.13 bits per heavy atom. The number of hydrogen-bond donors (Lipinski definition) is 1. The van der Waals surface area contributed by atoms with Gasteiger partial charge in [-0.05, 0) is 60.5 Å². The van der Waals surface area contributed by atoms with Crippen molar-refractivity contribution in [3.63, 3.8) is 0 Å². The molecule has 1 N–H and O–H groups in total. The van der Waals surface area contributed by atoms with Gasteiger partial charge in [0.25, 0.3) is 5.91 Å². The predicted octanol–water partition coefficient (Wildman–Crippen LogP) is 6.05. The fraction of sp³-hybridized carbons (Fsp3) is 0.333. The number of carbonyl (C=O) groups excluding carboxylic acids is 1. The molecule has 2 heterocycles. The molecule has 1 amide bonds. The Hall–Kier alpha value is -3.31. The first kappa shape index (κ1) is 28.7. The summed E-state index contributed by atoms with van der Waals surface area (Å²) < 4.78 is 79.3. The van der Waals surface area contributed by atoms with Crippen LogP contribution in [-0.4, -0.2) is 49.0 Å². The number of hydrogen-bond acceptors (Lipinski definition) is 4. The molecule has 5 nitrogen and oxygen atoms in total. The molecule has 208 valence electrons. The summed E-state index contributed by atoms with van der Waals surface area (Å²) in [5.74, 6) is -0.0187. The molecule has 4 rings (SSSR count). The molecule has 39 heavy (non-hydrogen) atoms. The molecule has 0 spiro atoms. The summed E-state index contributed by atoms with van der Waals surface area (Å²) in [5.41, 5.74) is -1.75. The highest BCUT2D eigenvalue weighted by molar-refractivity contribution is 6.31. The van der Waals surface area contributed by atoms with Crippen molar-refractivity contribution in [2.75, 3.05) is 38.1 Å². The third-order valence-corrected chi connectivity index (χ3v) is 6.86. The van der Waals surface area contributed by atoms with E-state index in [1.54, 1.807) is 30.3 Å². The quantitative estimate of drug-likeness (QED) is 0.367. The van der Waals surface area contributed by atoms with Crippen LogP contribution in [0.2, 0.25) is 5.02 Å². The molecule has 1 aliphatic heterocycles. The largest absolute Gasteiger partial charge is 0.416 e. The summed E-state index contributed by atoms with van der Waals surface area (Å²) >= 11 is 6.34. The summed E-state index contributed by atoms with van der Waals surface area (Å²) in [6.07, 6.45) is -8.31. The van der Waals surface area contributed by atoms with Crippen molar-refractivity contribution in [3.8, 4) is 0 Å². The van der Waals surface area contributed by atoms with Crippen LogP contribution in [0.1, 0.15) is 38.2 Å². The van der Waals surface area contributed by atoms with E-state index in [4.69, 9.17) is 11.6 Å². The second-order valence-electron chi connectivity index (χ2n) is 9.35. The zero-order chi connectivity index (χ0) is 28.4. The molecular formula is C27H25ClF6N4O. The number of piperazine rings is 1. The van der Waals surface area contributed by atoms with Crippen LogP contribution in [0, 0.1) is 0 Å². The van der Waals surface area contributed by atoms with E-state index in [1.807, 2.05) is 7.05 Å². The second kappa shape index (κ2) is 11.4. The highest BCUT2D eigenvalue weighted by atomic mass is 35.5. The molecule has 1 aromatic heterocycles. The van der Waals surface area contributed by atoms with Gasteiger partial charge in [0.05, 0.1) is 16.7 Å². The Balaban J connectivity index is 1.62. The monoisotopic (exact) mass is 570 g/mol. The van der Waals surface area contributed by atoms with Gasteiger partial charge >= 0.3 is 12.4 Å². The number of carbonyl (C=O) groups is 1. The van der Waals surface area contributed by atoms with Crippen molar-refractivity contribution in [2.24, 2.45) is 0 Å². The van der Waals surface area contributed by atoms with Crippen molar-refractivity contribution in [1.29, 1.82) is 0 Å². The van der Waals surface area contributed by atoms with Crippen molar-refractivity contribution in [3.05, 3.63) is 93.1 Å². The normalized spacial score (nSPS) is 14.9. The molecule has 1 fully saturated rings. The summed E-state index contributed by atoms with van der Waals surface area (Å²) in [7, 11) is 2.02. The lowest BCUT2D eigenvalue weighted by Gasteiger charge is -2.33. The number of aromatic nitrogens is 1. The minimum absolute atomic E-state index is 0.0496. The number of halogens is 7. The average Bonchev–Trinajstić information content (AvgIpc) is 2.88. The van der Waals surface area contributed by atoms with Gasteiger partial charge in [-0.2, -0.15) is 26.3 Å². The van der Waals surface area contributed by atoms with Crippen LogP contribution in [0.15, 0.2) is 54.7 Å². The van der Waals surface area contributed by atoms with Gasteiger partial charge in [0, 0.05) is 43.9 Å². The van der Waals surface area contributed by atoms with Crippen molar-refractivity contribution in [1.82, 2.24) is 15.2 Å². The minimum Gasteiger partial charge on any atom is -0.354 e. The summed E-state index contributed by atoms with van der Waals surface area (Å²) in [5, 5.41) is 2.94. The first-order chi connectivity index (χ1) is 18.3.